The number of rotatable bonds is 10. The fourth-order valence-corrected chi connectivity index (χ4v) is 5.45. The Hall–Kier alpha value is -4.84. The van der Waals surface area contributed by atoms with E-state index in [9.17, 15) is 32.3 Å². The lowest BCUT2D eigenvalue weighted by Gasteiger charge is -2.26. The predicted molar refractivity (Wildman–Crippen MR) is 163 cm³/mol. The molecule has 0 radical (unpaired) electrons. The van der Waals surface area contributed by atoms with Crippen molar-refractivity contribution >= 4 is 11.7 Å². The van der Waals surface area contributed by atoms with Crippen LogP contribution in [0.3, 0.4) is 0 Å². The Balaban J connectivity index is 1.29. The smallest absolute Gasteiger partial charge is 0.433 e. The highest BCUT2D eigenvalue weighted by Gasteiger charge is 2.45. The number of fused-ring (bicyclic) bond motifs is 1. The van der Waals surface area contributed by atoms with Crippen molar-refractivity contribution in [3.8, 4) is 33.9 Å². The van der Waals surface area contributed by atoms with Crippen LogP contribution in [0.5, 0.6) is 11.5 Å². The van der Waals surface area contributed by atoms with Gasteiger partial charge in [-0.3, -0.25) is 14.6 Å². The number of nitrogens with zero attached hydrogens (tertiary/aromatic N) is 2. The van der Waals surface area contributed by atoms with E-state index in [1.807, 2.05) is 0 Å². The Morgan fingerprint density at radius 1 is 1.04 bits per heavy atom. The van der Waals surface area contributed by atoms with Gasteiger partial charge in [-0.15, -0.1) is 0 Å². The number of nitrogens with two attached hydrogens (primary N) is 1. The molecule has 4 aromatic rings. The highest BCUT2D eigenvalue weighted by Crippen LogP contribution is 2.46. The molecule has 2 atom stereocenters. The van der Waals surface area contributed by atoms with E-state index in [4.69, 9.17) is 15.2 Å². The van der Waals surface area contributed by atoms with Gasteiger partial charge in [0.25, 0.3) is 0 Å². The van der Waals surface area contributed by atoms with Crippen molar-refractivity contribution in [2.24, 2.45) is 5.73 Å². The van der Waals surface area contributed by atoms with Gasteiger partial charge in [-0.2, -0.15) is 13.2 Å². The third-order valence-electron chi connectivity index (χ3n) is 8.61. The number of alkyl halides is 3. The molecule has 3 heterocycles. The summed E-state index contributed by atoms with van der Waals surface area (Å²) in [6.07, 6.45) is -2.27. The molecular weight excluding hydrogens is 618 g/mol. The summed E-state index contributed by atoms with van der Waals surface area (Å²) in [5, 5.41) is 11.6. The lowest BCUT2D eigenvalue weighted by Crippen LogP contribution is -2.40. The van der Waals surface area contributed by atoms with Gasteiger partial charge in [0, 0.05) is 34.9 Å². The molecule has 8 nitrogen and oxygen atoms in total. The summed E-state index contributed by atoms with van der Waals surface area (Å²) in [5.41, 5.74) is 4.07. The minimum atomic E-state index is -4.63. The van der Waals surface area contributed by atoms with Gasteiger partial charge in [-0.25, -0.2) is 9.37 Å². The van der Waals surface area contributed by atoms with Crippen molar-refractivity contribution in [2.45, 2.75) is 62.8 Å². The van der Waals surface area contributed by atoms with E-state index in [2.05, 4.69) is 9.97 Å². The molecule has 0 spiro atoms. The van der Waals surface area contributed by atoms with E-state index in [0.29, 0.717) is 22.4 Å². The molecule has 47 heavy (non-hydrogen) atoms. The number of benzene rings is 2. The van der Waals surface area contributed by atoms with Crippen LogP contribution in [0.25, 0.3) is 22.4 Å². The molecule has 0 unspecified atom stereocenters. The lowest BCUT2D eigenvalue weighted by molar-refractivity contribution is -0.141. The third kappa shape index (κ3) is 6.42. The standard InChI is InChI=1S/C35H31F4N3O5/c1-33(32(40)44)18-46-31-25(33)17-28(42-30(31)19-3-6-22(36)7-4-19)34(2,45)13-11-26(43)21-5-10-24(27(15-21)47-23-8-9-23)20-12-14-41-29(16-20)35(37,38)39/h3-7,10,12,14-17,23,45H,8-9,11,13,18H2,1-2H3,(H2,40,44)/t33-,34-/m0/s1. The molecule has 12 heteroatoms. The Labute approximate surface area is 267 Å². The molecule has 3 N–H and O–H groups in total. The number of ketones is 1. The number of aromatic nitrogens is 2. The second kappa shape index (κ2) is 11.8. The number of ether oxygens (including phenoxy) is 2. The van der Waals surface area contributed by atoms with E-state index >= 15 is 0 Å². The van der Waals surface area contributed by atoms with Crippen LogP contribution in [0.2, 0.25) is 0 Å². The van der Waals surface area contributed by atoms with E-state index in [1.165, 1.54) is 49.4 Å². The number of halogens is 4. The quantitative estimate of drug-likeness (QED) is 0.148. The molecule has 2 aromatic heterocycles. The predicted octanol–water partition coefficient (Wildman–Crippen LogP) is 6.52. The van der Waals surface area contributed by atoms with Gasteiger partial charge in [0.15, 0.2) is 5.78 Å². The third-order valence-corrected chi connectivity index (χ3v) is 8.61. The number of carbonyl (C=O) groups excluding carboxylic acids is 2. The first-order valence-corrected chi connectivity index (χ1v) is 15.0. The van der Waals surface area contributed by atoms with Crippen LogP contribution >= 0.6 is 0 Å². The molecule has 2 aromatic carbocycles. The van der Waals surface area contributed by atoms with Crippen LogP contribution in [0.4, 0.5) is 17.6 Å². The zero-order valence-corrected chi connectivity index (χ0v) is 25.5. The van der Waals surface area contributed by atoms with Gasteiger partial charge < -0.3 is 20.3 Å². The van der Waals surface area contributed by atoms with Crippen LogP contribution < -0.4 is 15.2 Å². The van der Waals surface area contributed by atoms with Crippen LogP contribution in [0.1, 0.15) is 66.8 Å². The van der Waals surface area contributed by atoms with Crippen molar-refractivity contribution in [3.05, 3.63) is 95.2 Å². The zero-order valence-electron chi connectivity index (χ0n) is 25.5. The number of primary amides is 1. The minimum Gasteiger partial charge on any atom is -0.490 e. The number of Topliss-reactive ketones (excluding diaryl/α,β-unsaturated/α-hetero) is 1. The zero-order chi connectivity index (χ0) is 33.7. The Bertz CT molecular complexity index is 1870. The number of amides is 1. The molecule has 6 rings (SSSR count). The van der Waals surface area contributed by atoms with Crippen molar-refractivity contribution in [1.82, 2.24) is 9.97 Å². The highest BCUT2D eigenvalue weighted by molar-refractivity contribution is 5.97. The molecule has 1 aliphatic carbocycles. The second-order valence-corrected chi connectivity index (χ2v) is 12.4. The summed E-state index contributed by atoms with van der Waals surface area (Å²) in [6.45, 7) is 3.07. The highest BCUT2D eigenvalue weighted by atomic mass is 19.4. The summed E-state index contributed by atoms with van der Waals surface area (Å²) in [4.78, 5) is 34.0. The van der Waals surface area contributed by atoms with Gasteiger partial charge in [0.05, 0.1) is 11.8 Å². The SMILES string of the molecule is C[C@](O)(CCC(=O)c1ccc(-c2ccnc(C(F)(F)F)c2)c(OC2CC2)c1)c1cc2c(c(-c3ccc(F)cc3)n1)OC[C@]2(C)C(N)=O. The van der Waals surface area contributed by atoms with E-state index in [1.54, 1.807) is 19.1 Å². The topological polar surface area (TPSA) is 125 Å². The molecule has 0 saturated heterocycles. The van der Waals surface area contributed by atoms with Crippen LogP contribution in [0, 0.1) is 5.82 Å². The molecular formula is C35H31F4N3O5. The number of carbonyl (C=O) groups is 2. The summed E-state index contributed by atoms with van der Waals surface area (Å²) < 4.78 is 65.6. The molecule has 244 valence electrons. The fourth-order valence-electron chi connectivity index (χ4n) is 5.45. The maximum atomic E-state index is 13.7. The number of hydrogen-bond donors (Lipinski definition) is 2. The molecule has 1 aliphatic heterocycles. The maximum absolute atomic E-state index is 13.7. The average molecular weight is 650 g/mol. The first kappa shape index (κ1) is 32.1. The van der Waals surface area contributed by atoms with E-state index in [-0.39, 0.29) is 59.6 Å². The normalized spacial score (nSPS) is 18.6. The van der Waals surface area contributed by atoms with Crippen LogP contribution in [0.15, 0.2) is 66.9 Å². The van der Waals surface area contributed by atoms with Gasteiger partial charge >= 0.3 is 6.18 Å². The largest absolute Gasteiger partial charge is 0.490 e. The minimum absolute atomic E-state index is 0.0457. The first-order chi connectivity index (χ1) is 22.2. The number of hydrogen-bond acceptors (Lipinski definition) is 7. The van der Waals surface area contributed by atoms with Crippen molar-refractivity contribution < 1.29 is 41.7 Å². The number of pyridine rings is 2. The second-order valence-electron chi connectivity index (χ2n) is 12.4. The first-order valence-electron chi connectivity index (χ1n) is 15.0. The van der Waals surface area contributed by atoms with Gasteiger partial charge in [0.1, 0.15) is 46.3 Å². The molecule has 1 amide bonds. The Morgan fingerprint density at radius 2 is 1.77 bits per heavy atom. The fraction of sp³-hybridized carbons (Fsp3) is 0.314. The van der Waals surface area contributed by atoms with E-state index in [0.717, 1.165) is 25.1 Å². The van der Waals surface area contributed by atoms with Crippen molar-refractivity contribution in [1.29, 1.82) is 0 Å². The van der Waals surface area contributed by atoms with Crippen molar-refractivity contribution in [2.75, 3.05) is 6.61 Å². The molecule has 2 aliphatic rings. The Morgan fingerprint density at radius 3 is 2.43 bits per heavy atom. The molecule has 0 bridgehead atoms. The maximum Gasteiger partial charge on any atom is 0.433 e. The summed E-state index contributed by atoms with van der Waals surface area (Å²) >= 11 is 0. The van der Waals surface area contributed by atoms with Gasteiger partial charge in [0.2, 0.25) is 5.91 Å². The van der Waals surface area contributed by atoms with Crippen LogP contribution in [-0.4, -0.2) is 39.5 Å². The van der Waals surface area contributed by atoms with Gasteiger partial charge in [-0.05, 0) is 93.3 Å². The number of aliphatic hydroxyl groups is 1. The summed E-state index contributed by atoms with van der Waals surface area (Å²) in [7, 11) is 0. The van der Waals surface area contributed by atoms with E-state index < -0.39 is 34.6 Å². The van der Waals surface area contributed by atoms with Crippen LogP contribution in [-0.2, 0) is 22.0 Å². The average Bonchev–Trinajstić information content (AvgIpc) is 3.79. The van der Waals surface area contributed by atoms with Crippen molar-refractivity contribution in [3.63, 3.8) is 0 Å². The molecule has 1 saturated carbocycles. The van der Waals surface area contributed by atoms with Gasteiger partial charge in [-0.1, -0.05) is 6.07 Å². The Kier molecular flexibility index (Phi) is 8.03. The summed E-state index contributed by atoms with van der Waals surface area (Å²) in [6, 6.07) is 14.0. The summed E-state index contributed by atoms with van der Waals surface area (Å²) in [5.74, 6) is -0.857. The molecule has 1 fully saturated rings. The lowest BCUT2D eigenvalue weighted by atomic mass is 9.81. The monoisotopic (exact) mass is 649 g/mol.